The van der Waals surface area contributed by atoms with E-state index in [4.69, 9.17) is 0 Å². The molecule has 1 aliphatic heterocycles. The third-order valence-corrected chi connectivity index (χ3v) is 8.30. The molecule has 4 heteroatoms. The molecule has 37 heavy (non-hydrogen) atoms. The number of hydrogen-bond donors (Lipinski definition) is 2. The predicted molar refractivity (Wildman–Crippen MR) is 155 cm³/mol. The van der Waals surface area contributed by atoms with Gasteiger partial charge >= 0.3 is 0 Å². The molecule has 2 aromatic carbocycles. The Bertz CT molecular complexity index is 1090. The monoisotopic (exact) mass is 498 g/mol. The van der Waals surface area contributed by atoms with Crippen LogP contribution in [0.1, 0.15) is 62.5 Å². The molecule has 0 bridgehead atoms. The van der Waals surface area contributed by atoms with Crippen molar-refractivity contribution >= 4 is 16.8 Å². The van der Waals surface area contributed by atoms with Crippen molar-refractivity contribution in [2.24, 2.45) is 0 Å². The summed E-state index contributed by atoms with van der Waals surface area (Å²) in [5.41, 5.74) is 7.28. The van der Waals surface area contributed by atoms with E-state index in [1.807, 2.05) is 12.1 Å². The molecule has 0 spiro atoms. The highest BCUT2D eigenvalue weighted by Crippen LogP contribution is 2.38. The van der Waals surface area contributed by atoms with Gasteiger partial charge in [0.15, 0.2) is 0 Å². The van der Waals surface area contributed by atoms with Crippen molar-refractivity contribution in [3.05, 3.63) is 89.5 Å². The van der Waals surface area contributed by atoms with Crippen molar-refractivity contribution in [1.82, 2.24) is 4.90 Å². The van der Waals surface area contributed by atoms with Gasteiger partial charge in [0.25, 0.3) is 0 Å². The minimum absolute atomic E-state index is 0.170. The van der Waals surface area contributed by atoms with Crippen LogP contribution >= 0.6 is 0 Å². The molecule has 0 amide bonds. The summed E-state index contributed by atoms with van der Waals surface area (Å²) in [5, 5.41) is 19.7. The van der Waals surface area contributed by atoms with Gasteiger partial charge in [-0.1, -0.05) is 80.0 Å². The number of hydrogen-bond acceptors (Lipinski definition) is 4. The van der Waals surface area contributed by atoms with Crippen LogP contribution in [0.3, 0.4) is 0 Å². The summed E-state index contributed by atoms with van der Waals surface area (Å²) in [7, 11) is 0. The Balaban J connectivity index is 1.40. The lowest BCUT2D eigenvalue weighted by Gasteiger charge is -2.41. The van der Waals surface area contributed by atoms with Gasteiger partial charge in [0.2, 0.25) is 0 Å². The lowest BCUT2D eigenvalue weighted by Crippen LogP contribution is -2.50. The van der Waals surface area contributed by atoms with Crippen LogP contribution in [0.15, 0.2) is 78.4 Å². The van der Waals surface area contributed by atoms with Crippen molar-refractivity contribution in [2.45, 2.75) is 63.5 Å². The highest BCUT2D eigenvalue weighted by atomic mass is 16.3. The molecule has 0 radical (unpaired) electrons. The van der Waals surface area contributed by atoms with Gasteiger partial charge in [-0.15, -0.1) is 0 Å². The zero-order chi connectivity index (χ0) is 25.5. The summed E-state index contributed by atoms with van der Waals surface area (Å²) < 4.78 is 0. The van der Waals surface area contributed by atoms with Crippen LogP contribution in [0.5, 0.6) is 0 Å². The molecular weight excluding hydrogens is 456 g/mol. The Morgan fingerprint density at radius 3 is 2.22 bits per heavy atom. The first-order chi connectivity index (χ1) is 18.2. The third-order valence-electron chi connectivity index (χ3n) is 8.30. The quantitative estimate of drug-likeness (QED) is 0.434. The number of rotatable bonds is 8. The fourth-order valence-electron chi connectivity index (χ4n) is 6.25. The summed E-state index contributed by atoms with van der Waals surface area (Å²) in [5.74, 6) is 0. The van der Waals surface area contributed by atoms with Crippen molar-refractivity contribution in [3.8, 4) is 0 Å². The Labute approximate surface area is 222 Å². The smallest absolute Gasteiger partial charge is 0.0758 e. The van der Waals surface area contributed by atoms with Crippen molar-refractivity contribution in [2.75, 3.05) is 37.7 Å². The van der Waals surface area contributed by atoms with E-state index in [1.54, 1.807) is 0 Å². The second-order valence-electron chi connectivity index (χ2n) is 10.7. The standard InChI is InChI=1S/C33H42N2O2/c36-25-7-12-32(26-8-3-1-4-9-26)33(28-15-19-31(37)20-16-28)27-13-17-30(18-14-27)35-23-21-34(22-24-35)29-10-5-2-6-11-29/h1,3-4,8-9,13-19,29,31,36-37H,2,5-7,10-12,20-25H2/b33-32+. The van der Waals surface area contributed by atoms with Gasteiger partial charge in [0.1, 0.15) is 0 Å². The van der Waals surface area contributed by atoms with Crippen LogP contribution in [0.25, 0.3) is 11.1 Å². The number of aliphatic hydroxyl groups is 2. The van der Waals surface area contributed by atoms with Crippen LogP contribution in [-0.4, -0.2) is 60.0 Å². The lowest BCUT2D eigenvalue weighted by atomic mass is 9.85. The van der Waals surface area contributed by atoms with E-state index >= 15 is 0 Å². The molecular formula is C33H42N2O2. The molecule has 1 unspecified atom stereocenters. The van der Waals surface area contributed by atoms with Gasteiger partial charge < -0.3 is 15.1 Å². The average molecular weight is 499 g/mol. The van der Waals surface area contributed by atoms with E-state index in [0.717, 1.165) is 50.6 Å². The van der Waals surface area contributed by atoms with E-state index in [2.05, 4.69) is 70.5 Å². The second-order valence-corrected chi connectivity index (χ2v) is 10.7. The lowest BCUT2D eigenvalue weighted by molar-refractivity contribution is 0.148. The maximum atomic E-state index is 10.1. The normalized spacial score (nSPS) is 22.1. The Hall–Kier alpha value is -2.66. The molecule has 1 saturated carbocycles. The van der Waals surface area contributed by atoms with Gasteiger partial charge in [0.05, 0.1) is 6.10 Å². The maximum absolute atomic E-state index is 10.1. The van der Waals surface area contributed by atoms with E-state index in [1.165, 1.54) is 60.1 Å². The van der Waals surface area contributed by atoms with E-state index in [0.29, 0.717) is 6.42 Å². The first kappa shape index (κ1) is 26.0. The number of piperazine rings is 1. The van der Waals surface area contributed by atoms with Crippen LogP contribution in [-0.2, 0) is 0 Å². The van der Waals surface area contributed by atoms with Crippen LogP contribution in [0.4, 0.5) is 5.69 Å². The average Bonchev–Trinajstić information content (AvgIpc) is 2.97. The number of benzene rings is 2. The van der Waals surface area contributed by atoms with E-state index in [9.17, 15) is 10.2 Å². The fourth-order valence-corrected chi connectivity index (χ4v) is 6.25. The minimum Gasteiger partial charge on any atom is -0.396 e. The molecule has 5 rings (SSSR count). The first-order valence-electron chi connectivity index (χ1n) is 14.3. The minimum atomic E-state index is -0.419. The van der Waals surface area contributed by atoms with E-state index in [-0.39, 0.29) is 6.61 Å². The van der Waals surface area contributed by atoms with Crippen LogP contribution in [0, 0.1) is 0 Å². The molecule has 4 nitrogen and oxygen atoms in total. The van der Waals surface area contributed by atoms with Gasteiger partial charge in [-0.2, -0.15) is 0 Å². The number of anilines is 1. The molecule has 2 N–H and O–H groups in total. The molecule has 3 aliphatic rings. The zero-order valence-corrected chi connectivity index (χ0v) is 22.1. The van der Waals surface area contributed by atoms with E-state index < -0.39 is 6.10 Å². The Morgan fingerprint density at radius 2 is 1.57 bits per heavy atom. The molecule has 1 atom stereocenters. The highest BCUT2D eigenvalue weighted by molar-refractivity contribution is 6.00. The maximum Gasteiger partial charge on any atom is 0.0758 e. The summed E-state index contributed by atoms with van der Waals surface area (Å²) in [6, 6.07) is 20.4. The van der Waals surface area contributed by atoms with Gasteiger partial charge in [-0.25, -0.2) is 0 Å². The van der Waals surface area contributed by atoms with Crippen molar-refractivity contribution in [1.29, 1.82) is 0 Å². The zero-order valence-electron chi connectivity index (χ0n) is 22.1. The molecule has 0 aromatic heterocycles. The van der Waals surface area contributed by atoms with Gasteiger partial charge in [-0.3, -0.25) is 4.90 Å². The van der Waals surface area contributed by atoms with Crippen molar-refractivity contribution < 1.29 is 10.2 Å². The predicted octanol–water partition coefficient (Wildman–Crippen LogP) is 6.07. The number of allylic oxidation sites excluding steroid dienone is 4. The molecule has 2 fully saturated rings. The number of aliphatic hydroxyl groups excluding tert-OH is 2. The topological polar surface area (TPSA) is 46.9 Å². The van der Waals surface area contributed by atoms with Crippen LogP contribution in [0.2, 0.25) is 0 Å². The summed E-state index contributed by atoms with van der Waals surface area (Å²) in [6.45, 7) is 4.68. The second kappa shape index (κ2) is 12.7. The fraction of sp³-hybridized carbons (Fsp3) is 0.455. The molecule has 1 saturated heterocycles. The SMILES string of the molecule is OCCC/C(=C(\C1=CCC(O)C=C1)c1ccc(N2CCN(C3CCCCC3)CC2)cc1)c1ccccc1. The molecule has 2 aliphatic carbocycles. The molecule has 2 aromatic rings. The summed E-state index contributed by atoms with van der Waals surface area (Å²) >= 11 is 0. The highest BCUT2D eigenvalue weighted by Gasteiger charge is 2.25. The largest absolute Gasteiger partial charge is 0.396 e. The summed E-state index contributed by atoms with van der Waals surface area (Å²) in [4.78, 5) is 5.26. The first-order valence-corrected chi connectivity index (χ1v) is 14.3. The molecule has 196 valence electrons. The Morgan fingerprint density at radius 1 is 0.838 bits per heavy atom. The van der Waals surface area contributed by atoms with Crippen LogP contribution < -0.4 is 4.90 Å². The van der Waals surface area contributed by atoms with Gasteiger partial charge in [-0.05, 0) is 72.1 Å². The third kappa shape index (κ3) is 6.43. The van der Waals surface area contributed by atoms with Gasteiger partial charge in [0, 0.05) is 44.5 Å². The molecule has 1 heterocycles. The summed E-state index contributed by atoms with van der Waals surface area (Å²) in [6.07, 6.45) is 14.8. The Kier molecular flexibility index (Phi) is 8.93. The van der Waals surface area contributed by atoms with Crippen molar-refractivity contribution in [3.63, 3.8) is 0 Å². The number of nitrogens with zero attached hydrogens (tertiary/aromatic N) is 2.